The van der Waals surface area contributed by atoms with Gasteiger partial charge in [-0.2, -0.15) is 0 Å². The molecule has 0 unspecified atom stereocenters. The highest BCUT2D eigenvalue weighted by atomic mass is 16.6. The van der Waals surface area contributed by atoms with E-state index in [1.807, 2.05) is 20.2 Å². The Morgan fingerprint density at radius 1 is 1.40 bits per heavy atom. The minimum absolute atomic E-state index is 0.0736. The van der Waals surface area contributed by atoms with Gasteiger partial charge in [0.2, 0.25) is 0 Å². The van der Waals surface area contributed by atoms with E-state index in [0.717, 1.165) is 0 Å². The number of carbonyl (C=O) groups is 2. The quantitative estimate of drug-likeness (QED) is 0.617. The highest BCUT2D eigenvalue weighted by Gasteiger charge is 2.30. The molecule has 0 aliphatic carbocycles. The van der Waals surface area contributed by atoms with Crippen molar-refractivity contribution in [3.63, 3.8) is 0 Å². The highest BCUT2D eigenvalue weighted by Crippen LogP contribution is 2.21. The number of hydrogen-bond donors (Lipinski definition) is 0. The Balaban J connectivity index is 1.87. The molecular weight excluding hydrogens is 258 g/mol. The zero-order valence-electron chi connectivity index (χ0n) is 11.5. The number of benzene rings is 1. The normalized spacial score (nSPS) is 19.8. The van der Waals surface area contributed by atoms with Crippen molar-refractivity contribution >= 4 is 11.9 Å². The summed E-state index contributed by atoms with van der Waals surface area (Å²) in [4.78, 5) is 25.1. The van der Waals surface area contributed by atoms with Crippen LogP contribution in [0, 0.1) is 0 Å². The second-order valence-corrected chi connectivity index (χ2v) is 4.81. The molecule has 0 radical (unpaired) electrons. The third-order valence-corrected chi connectivity index (χ3v) is 2.81. The van der Waals surface area contributed by atoms with Crippen molar-refractivity contribution in [1.82, 2.24) is 4.90 Å². The van der Waals surface area contributed by atoms with E-state index in [2.05, 4.69) is 0 Å². The fourth-order valence-corrected chi connectivity index (χ4v) is 1.93. The molecule has 20 heavy (non-hydrogen) atoms. The second-order valence-electron chi connectivity index (χ2n) is 4.81. The lowest BCUT2D eigenvalue weighted by Crippen LogP contribution is -2.18. The van der Waals surface area contributed by atoms with Crippen molar-refractivity contribution in [3.05, 3.63) is 47.7 Å². The SMILES string of the molecule is CN(C)/C=C1/C[C@@H](COC(=O)c2ccccc2)OC1=O. The number of rotatable bonds is 4. The van der Waals surface area contributed by atoms with E-state index in [0.29, 0.717) is 17.6 Å². The van der Waals surface area contributed by atoms with Crippen LogP contribution >= 0.6 is 0 Å². The molecule has 106 valence electrons. The Hall–Kier alpha value is -2.30. The molecule has 1 fully saturated rings. The van der Waals surface area contributed by atoms with Crippen molar-refractivity contribution in [2.45, 2.75) is 12.5 Å². The molecule has 0 bridgehead atoms. The Labute approximate surface area is 117 Å². The van der Waals surface area contributed by atoms with Gasteiger partial charge in [0.1, 0.15) is 12.7 Å². The van der Waals surface area contributed by atoms with E-state index in [1.54, 1.807) is 35.4 Å². The van der Waals surface area contributed by atoms with Crippen LogP contribution < -0.4 is 0 Å². The molecule has 5 heteroatoms. The van der Waals surface area contributed by atoms with Crippen LogP contribution in [0.15, 0.2) is 42.1 Å². The lowest BCUT2D eigenvalue weighted by molar-refractivity contribution is -0.140. The number of nitrogens with zero attached hydrogens (tertiary/aromatic N) is 1. The van der Waals surface area contributed by atoms with Crippen LogP contribution in [0.2, 0.25) is 0 Å². The molecular formula is C15H17NO4. The van der Waals surface area contributed by atoms with Gasteiger partial charge in [-0.25, -0.2) is 9.59 Å². The maximum atomic E-state index is 11.8. The summed E-state index contributed by atoms with van der Waals surface area (Å²) in [5, 5.41) is 0. The minimum atomic E-state index is -0.410. The number of cyclic esters (lactones) is 1. The average molecular weight is 275 g/mol. The van der Waals surface area contributed by atoms with Crippen molar-refractivity contribution in [1.29, 1.82) is 0 Å². The molecule has 1 saturated heterocycles. The Bertz CT molecular complexity index is 522. The minimum Gasteiger partial charge on any atom is -0.458 e. The first-order chi connectivity index (χ1) is 9.56. The maximum absolute atomic E-state index is 11.8. The molecule has 0 amide bonds. The molecule has 1 heterocycles. The number of esters is 2. The van der Waals surface area contributed by atoms with Crippen molar-refractivity contribution < 1.29 is 19.1 Å². The topological polar surface area (TPSA) is 55.8 Å². The van der Waals surface area contributed by atoms with E-state index >= 15 is 0 Å². The zero-order valence-corrected chi connectivity index (χ0v) is 11.5. The summed E-state index contributed by atoms with van der Waals surface area (Å²) < 4.78 is 10.3. The molecule has 1 aromatic rings. The van der Waals surface area contributed by atoms with E-state index in [1.165, 1.54) is 0 Å². The van der Waals surface area contributed by atoms with Gasteiger partial charge in [0.05, 0.1) is 11.1 Å². The number of ether oxygens (including phenoxy) is 2. The van der Waals surface area contributed by atoms with E-state index < -0.39 is 12.1 Å². The Kier molecular flexibility index (Phi) is 4.40. The Morgan fingerprint density at radius 2 is 2.10 bits per heavy atom. The van der Waals surface area contributed by atoms with Crippen LogP contribution in [0.5, 0.6) is 0 Å². The fourth-order valence-electron chi connectivity index (χ4n) is 1.93. The highest BCUT2D eigenvalue weighted by molar-refractivity contribution is 5.91. The summed E-state index contributed by atoms with van der Waals surface area (Å²) in [5.74, 6) is -0.758. The van der Waals surface area contributed by atoms with Crippen molar-refractivity contribution in [2.24, 2.45) is 0 Å². The molecule has 0 saturated carbocycles. The van der Waals surface area contributed by atoms with Crippen LogP contribution in [0.3, 0.4) is 0 Å². The first kappa shape index (κ1) is 14.1. The van der Waals surface area contributed by atoms with E-state index in [-0.39, 0.29) is 12.6 Å². The summed E-state index contributed by atoms with van der Waals surface area (Å²) in [5.41, 5.74) is 1.08. The third kappa shape index (κ3) is 3.60. The molecule has 0 spiro atoms. The average Bonchev–Trinajstić information content (AvgIpc) is 2.77. The van der Waals surface area contributed by atoms with Gasteiger partial charge in [-0.05, 0) is 12.1 Å². The molecule has 1 aliphatic heterocycles. The van der Waals surface area contributed by atoms with Gasteiger partial charge in [0, 0.05) is 26.7 Å². The lowest BCUT2D eigenvalue weighted by atomic mass is 10.2. The monoisotopic (exact) mass is 275 g/mol. The predicted molar refractivity (Wildman–Crippen MR) is 73.0 cm³/mol. The molecule has 0 N–H and O–H groups in total. The summed E-state index contributed by atoms with van der Waals surface area (Å²) in [7, 11) is 3.67. The molecule has 1 aliphatic rings. The first-order valence-corrected chi connectivity index (χ1v) is 6.36. The van der Waals surface area contributed by atoms with Crippen LogP contribution in [0.25, 0.3) is 0 Å². The van der Waals surface area contributed by atoms with Gasteiger partial charge in [-0.3, -0.25) is 0 Å². The number of hydrogen-bond acceptors (Lipinski definition) is 5. The zero-order chi connectivity index (χ0) is 14.5. The first-order valence-electron chi connectivity index (χ1n) is 6.36. The summed E-state index contributed by atoms with van der Waals surface area (Å²) in [6.07, 6.45) is 1.78. The second kappa shape index (κ2) is 6.23. The van der Waals surface area contributed by atoms with Gasteiger partial charge < -0.3 is 14.4 Å². The maximum Gasteiger partial charge on any atom is 0.338 e. The summed E-state index contributed by atoms with van der Waals surface area (Å²) in [6, 6.07) is 8.73. The molecule has 2 rings (SSSR count). The van der Waals surface area contributed by atoms with Gasteiger partial charge in [-0.1, -0.05) is 18.2 Å². The van der Waals surface area contributed by atoms with Crippen LogP contribution in [-0.2, 0) is 14.3 Å². The molecule has 1 aromatic carbocycles. The largest absolute Gasteiger partial charge is 0.458 e. The molecule has 0 aromatic heterocycles. The van der Waals surface area contributed by atoms with E-state index in [4.69, 9.17) is 9.47 Å². The third-order valence-electron chi connectivity index (χ3n) is 2.81. The number of carbonyl (C=O) groups excluding carboxylic acids is 2. The Morgan fingerprint density at radius 3 is 2.75 bits per heavy atom. The van der Waals surface area contributed by atoms with Gasteiger partial charge in [-0.15, -0.1) is 0 Å². The van der Waals surface area contributed by atoms with Crippen LogP contribution in [-0.4, -0.2) is 43.6 Å². The molecule has 5 nitrogen and oxygen atoms in total. The van der Waals surface area contributed by atoms with Crippen LogP contribution in [0.1, 0.15) is 16.8 Å². The predicted octanol–water partition coefficient (Wildman–Crippen LogP) is 1.60. The summed E-state index contributed by atoms with van der Waals surface area (Å²) in [6.45, 7) is 0.0736. The van der Waals surface area contributed by atoms with Gasteiger partial charge in [0.15, 0.2) is 0 Å². The fraction of sp³-hybridized carbons (Fsp3) is 0.333. The van der Waals surface area contributed by atoms with Crippen molar-refractivity contribution in [2.75, 3.05) is 20.7 Å². The lowest BCUT2D eigenvalue weighted by Gasteiger charge is -2.09. The van der Waals surface area contributed by atoms with Crippen molar-refractivity contribution in [3.8, 4) is 0 Å². The standard InChI is InChI=1S/C15H17NO4/c1-16(2)9-12-8-13(20-15(12)18)10-19-14(17)11-6-4-3-5-7-11/h3-7,9,13H,8,10H2,1-2H3/b12-9-/t13-/m0/s1. The van der Waals surface area contributed by atoms with Crippen LogP contribution in [0.4, 0.5) is 0 Å². The van der Waals surface area contributed by atoms with E-state index in [9.17, 15) is 9.59 Å². The summed E-state index contributed by atoms with van der Waals surface area (Å²) >= 11 is 0. The van der Waals surface area contributed by atoms with Gasteiger partial charge in [0.25, 0.3) is 0 Å². The smallest absolute Gasteiger partial charge is 0.338 e. The van der Waals surface area contributed by atoms with Gasteiger partial charge >= 0.3 is 11.9 Å². The molecule has 1 atom stereocenters.